The number of nitrogens with zero attached hydrogens (tertiary/aromatic N) is 3. The van der Waals surface area contributed by atoms with Crippen molar-refractivity contribution in [2.75, 3.05) is 5.73 Å². The maximum atomic E-state index is 13.5. The zero-order valence-corrected chi connectivity index (χ0v) is 7.87. The van der Waals surface area contributed by atoms with Gasteiger partial charge in [0.1, 0.15) is 5.69 Å². The van der Waals surface area contributed by atoms with Crippen molar-refractivity contribution in [1.82, 2.24) is 20.0 Å². The summed E-state index contributed by atoms with van der Waals surface area (Å²) in [4.78, 5) is 0. The summed E-state index contributed by atoms with van der Waals surface area (Å²) < 4.78 is 14.8. The highest BCUT2D eigenvalue weighted by molar-refractivity contribution is 5.64. The van der Waals surface area contributed by atoms with Gasteiger partial charge in [0.15, 0.2) is 11.6 Å². The number of nitrogens with two attached hydrogens (primary N) is 1. The third kappa shape index (κ3) is 1.07. The molecule has 74 valence electrons. The fourth-order valence-corrected chi connectivity index (χ4v) is 1.27. The second kappa shape index (κ2) is 2.83. The molecule has 2 rings (SSSR count). The molecule has 2 heterocycles. The van der Waals surface area contributed by atoms with E-state index in [1.807, 2.05) is 0 Å². The lowest BCUT2D eigenvalue weighted by atomic mass is 10.2. The van der Waals surface area contributed by atoms with Crippen LogP contribution in [0, 0.1) is 12.7 Å². The summed E-state index contributed by atoms with van der Waals surface area (Å²) in [6.07, 6.45) is 1.53. The molecule has 0 aliphatic rings. The van der Waals surface area contributed by atoms with Crippen LogP contribution >= 0.6 is 0 Å². The zero-order valence-electron chi connectivity index (χ0n) is 7.87. The van der Waals surface area contributed by atoms with Gasteiger partial charge in [0, 0.05) is 18.3 Å². The molecule has 2 aromatic heterocycles. The summed E-state index contributed by atoms with van der Waals surface area (Å²) in [5, 5.41) is 10.5. The minimum Gasteiger partial charge on any atom is -0.381 e. The molecule has 0 aliphatic heterocycles. The Morgan fingerprint density at radius 1 is 1.57 bits per heavy atom. The normalized spacial score (nSPS) is 10.8. The van der Waals surface area contributed by atoms with Crippen molar-refractivity contribution in [3.05, 3.63) is 17.7 Å². The van der Waals surface area contributed by atoms with Crippen molar-refractivity contribution in [2.45, 2.75) is 6.92 Å². The first-order valence-corrected chi connectivity index (χ1v) is 4.09. The third-order valence-electron chi connectivity index (χ3n) is 2.12. The van der Waals surface area contributed by atoms with Crippen LogP contribution in [-0.2, 0) is 7.05 Å². The fraction of sp³-hybridized carbons (Fsp3) is 0.250. The summed E-state index contributed by atoms with van der Waals surface area (Å²) in [5.74, 6) is -0.474. The summed E-state index contributed by atoms with van der Waals surface area (Å²) in [6, 6.07) is 0. The maximum absolute atomic E-state index is 13.5. The summed E-state index contributed by atoms with van der Waals surface area (Å²) >= 11 is 0. The van der Waals surface area contributed by atoms with Crippen LogP contribution in [0.15, 0.2) is 6.20 Å². The van der Waals surface area contributed by atoms with Crippen LogP contribution in [0.5, 0.6) is 0 Å². The molecule has 0 bridgehead atoms. The lowest BCUT2D eigenvalue weighted by Crippen LogP contribution is -1.97. The van der Waals surface area contributed by atoms with Gasteiger partial charge in [-0.25, -0.2) is 9.07 Å². The SMILES string of the molecule is Cc1[nH]ncc1-c1nn(C)c(N)c1F. The Bertz CT molecular complexity index is 470. The molecule has 0 aromatic carbocycles. The summed E-state index contributed by atoms with van der Waals surface area (Å²) in [6.45, 7) is 1.80. The van der Waals surface area contributed by atoms with Crippen molar-refractivity contribution in [3.63, 3.8) is 0 Å². The minimum atomic E-state index is -0.503. The van der Waals surface area contributed by atoms with E-state index in [1.54, 1.807) is 14.0 Å². The molecule has 0 saturated carbocycles. The fourth-order valence-electron chi connectivity index (χ4n) is 1.27. The molecule has 6 heteroatoms. The van der Waals surface area contributed by atoms with Crippen molar-refractivity contribution in [1.29, 1.82) is 0 Å². The number of aromatic nitrogens is 4. The molecule has 2 aromatic rings. The summed E-state index contributed by atoms with van der Waals surface area (Å²) in [7, 11) is 1.59. The molecule has 0 unspecified atom stereocenters. The van der Waals surface area contributed by atoms with Gasteiger partial charge in [0.2, 0.25) is 0 Å². The minimum absolute atomic E-state index is 0.0283. The van der Waals surface area contributed by atoms with E-state index in [0.29, 0.717) is 5.56 Å². The molecular formula is C8H10FN5. The van der Waals surface area contributed by atoms with Crippen LogP contribution in [-0.4, -0.2) is 20.0 Å². The number of H-pyrrole nitrogens is 1. The number of anilines is 1. The molecule has 3 N–H and O–H groups in total. The second-order valence-electron chi connectivity index (χ2n) is 3.08. The van der Waals surface area contributed by atoms with Crippen LogP contribution < -0.4 is 5.73 Å². The van der Waals surface area contributed by atoms with Crippen molar-refractivity contribution in [3.8, 4) is 11.3 Å². The van der Waals surface area contributed by atoms with Gasteiger partial charge in [-0.05, 0) is 6.92 Å². The molecule has 0 aliphatic carbocycles. The van der Waals surface area contributed by atoms with E-state index >= 15 is 0 Å². The average Bonchev–Trinajstić information content (AvgIpc) is 2.66. The highest BCUT2D eigenvalue weighted by Crippen LogP contribution is 2.25. The van der Waals surface area contributed by atoms with E-state index in [0.717, 1.165) is 5.69 Å². The van der Waals surface area contributed by atoms with Crippen molar-refractivity contribution in [2.24, 2.45) is 7.05 Å². The van der Waals surface area contributed by atoms with Gasteiger partial charge in [0.05, 0.1) is 6.20 Å². The Labute approximate surface area is 79.7 Å². The Morgan fingerprint density at radius 3 is 2.71 bits per heavy atom. The van der Waals surface area contributed by atoms with Crippen LogP contribution in [0.4, 0.5) is 10.2 Å². The molecule has 0 saturated heterocycles. The lowest BCUT2D eigenvalue weighted by molar-refractivity contribution is 0.633. The van der Waals surface area contributed by atoms with E-state index < -0.39 is 5.82 Å². The molecule has 0 amide bonds. The maximum Gasteiger partial charge on any atom is 0.192 e. The first-order valence-electron chi connectivity index (χ1n) is 4.09. The molecule has 14 heavy (non-hydrogen) atoms. The van der Waals surface area contributed by atoms with Gasteiger partial charge in [-0.1, -0.05) is 0 Å². The van der Waals surface area contributed by atoms with Crippen molar-refractivity contribution < 1.29 is 4.39 Å². The third-order valence-corrected chi connectivity index (χ3v) is 2.12. The van der Waals surface area contributed by atoms with E-state index in [9.17, 15) is 4.39 Å². The van der Waals surface area contributed by atoms with Crippen LogP contribution in [0.25, 0.3) is 11.3 Å². The standard InChI is InChI=1S/C8H10FN5/c1-4-5(3-11-12-4)7-6(9)8(10)14(2)13-7/h3H,10H2,1-2H3,(H,11,12). The van der Waals surface area contributed by atoms with Gasteiger partial charge >= 0.3 is 0 Å². The van der Waals surface area contributed by atoms with E-state index in [1.165, 1.54) is 10.9 Å². The quantitative estimate of drug-likeness (QED) is 0.708. The predicted molar refractivity (Wildman–Crippen MR) is 49.9 cm³/mol. The van der Waals surface area contributed by atoms with E-state index in [2.05, 4.69) is 15.3 Å². The monoisotopic (exact) mass is 195 g/mol. The number of hydrogen-bond donors (Lipinski definition) is 2. The van der Waals surface area contributed by atoms with E-state index in [-0.39, 0.29) is 11.5 Å². The number of nitrogen functional groups attached to an aromatic ring is 1. The molecule has 0 fully saturated rings. The largest absolute Gasteiger partial charge is 0.381 e. The van der Waals surface area contributed by atoms with Crippen LogP contribution in [0.1, 0.15) is 5.69 Å². The van der Waals surface area contributed by atoms with Gasteiger partial charge in [-0.15, -0.1) is 0 Å². The number of halogens is 1. The Hall–Kier alpha value is -1.85. The number of aromatic amines is 1. The zero-order chi connectivity index (χ0) is 10.3. The van der Waals surface area contributed by atoms with Gasteiger partial charge in [0.25, 0.3) is 0 Å². The highest BCUT2D eigenvalue weighted by Gasteiger charge is 2.17. The Kier molecular flexibility index (Phi) is 1.77. The topological polar surface area (TPSA) is 72.5 Å². The smallest absolute Gasteiger partial charge is 0.192 e. The van der Waals surface area contributed by atoms with Gasteiger partial charge in [-0.2, -0.15) is 10.2 Å². The molecule has 0 atom stereocenters. The first kappa shape index (κ1) is 8.74. The number of hydrogen-bond acceptors (Lipinski definition) is 3. The second-order valence-corrected chi connectivity index (χ2v) is 3.08. The van der Waals surface area contributed by atoms with Gasteiger partial charge < -0.3 is 5.73 Å². The molecule has 0 spiro atoms. The van der Waals surface area contributed by atoms with E-state index in [4.69, 9.17) is 5.73 Å². The molecule has 0 radical (unpaired) electrons. The molecular weight excluding hydrogens is 185 g/mol. The lowest BCUT2D eigenvalue weighted by Gasteiger charge is -1.91. The highest BCUT2D eigenvalue weighted by atomic mass is 19.1. The Morgan fingerprint density at radius 2 is 2.29 bits per heavy atom. The average molecular weight is 195 g/mol. The van der Waals surface area contributed by atoms with Crippen LogP contribution in [0.3, 0.4) is 0 Å². The van der Waals surface area contributed by atoms with Gasteiger partial charge in [-0.3, -0.25) is 5.10 Å². The number of nitrogens with one attached hydrogen (secondary N) is 1. The Balaban J connectivity index is 2.63. The molecule has 5 nitrogen and oxygen atoms in total. The number of rotatable bonds is 1. The summed E-state index contributed by atoms with van der Waals surface area (Å²) in [5.41, 5.74) is 7.09. The number of aryl methyl sites for hydroxylation is 2. The first-order chi connectivity index (χ1) is 6.61. The predicted octanol–water partition coefficient (Wildman–Crippen LogP) is 0.840. The van der Waals surface area contributed by atoms with Crippen LogP contribution in [0.2, 0.25) is 0 Å². The van der Waals surface area contributed by atoms with Crippen molar-refractivity contribution >= 4 is 5.82 Å².